The topological polar surface area (TPSA) is 104 Å². The lowest BCUT2D eigenvalue weighted by Gasteiger charge is -2.26. The third kappa shape index (κ3) is 5.61. The summed E-state index contributed by atoms with van der Waals surface area (Å²) in [4.78, 5) is 30.2. The molecule has 160 valence electrons. The molecular weight excluding hydrogens is 410 g/mol. The summed E-state index contributed by atoms with van der Waals surface area (Å²) in [5, 5.41) is 0.150. The van der Waals surface area contributed by atoms with Gasteiger partial charge in [0.25, 0.3) is 11.8 Å². The minimum absolute atomic E-state index is 0.0128. The van der Waals surface area contributed by atoms with Crippen LogP contribution in [0.25, 0.3) is 0 Å². The number of methoxy groups -OCH3 is 1. The number of halogens is 1. The number of carbonyl (C=O) groups excluding carboxylic acids is 2. The first-order valence-electron chi connectivity index (χ1n) is 9.56. The van der Waals surface area contributed by atoms with Crippen molar-refractivity contribution in [2.75, 3.05) is 26.9 Å². The molecule has 0 saturated carbocycles. The van der Waals surface area contributed by atoms with Crippen LogP contribution < -0.4 is 15.2 Å². The number of primary amides is 1. The van der Waals surface area contributed by atoms with Crippen LogP contribution in [0.2, 0.25) is 5.02 Å². The van der Waals surface area contributed by atoms with Gasteiger partial charge >= 0.3 is 0 Å². The van der Waals surface area contributed by atoms with E-state index in [4.69, 9.17) is 31.5 Å². The minimum atomic E-state index is -0.646. The summed E-state index contributed by atoms with van der Waals surface area (Å²) in [5.41, 5.74) is 6.37. The first-order valence-corrected chi connectivity index (χ1v) is 9.94. The summed E-state index contributed by atoms with van der Waals surface area (Å²) >= 11 is 6.31. The van der Waals surface area contributed by atoms with E-state index >= 15 is 0 Å². The SMILES string of the molecule is COc1cc(C(=O)N(Cc2cccnc2)CC2CCCO2)cc(Cl)c1OCC(N)=O. The van der Waals surface area contributed by atoms with Gasteiger partial charge in [-0.1, -0.05) is 17.7 Å². The molecule has 1 atom stereocenters. The smallest absolute Gasteiger partial charge is 0.255 e. The number of hydrogen-bond acceptors (Lipinski definition) is 6. The van der Waals surface area contributed by atoms with Gasteiger partial charge in [0.1, 0.15) is 0 Å². The Labute approximate surface area is 179 Å². The van der Waals surface area contributed by atoms with Crippen LogP contribution in [-0.4, -0.2) is 54.7 Å². The van der Waals surface area contributed by atoms with Crippen molar-refractivity contribution in [1.29, 1.82) is 0 Å². The Morgan fingerprint density at radius 1 is 1.40 bits per heavy atom. The molecular formula is C21H24ClN3O5. The van der Waals surface area contributed by atoms with Gasteiger partial charge in [-0.2, -0.15) is 0 Å². The summed E-state index contributed by atoms with van der Waals surface area (Å²) < 4.78 is 16.4. The third-order valence-corrected chi connectivity index (χ3v) is 4.95. The number of aromatic nitrogens is 1. The van der Waals surface area contributed by atoms with Crippen molar-refractivity contribution in [2.45, 2.75) is 25.5 Å². The molecule has 1 aliphatic heterocycles. The minimum Gasteiger partial charge on any atom is -0.493 e. The third-order valence-electron chi connectivity index (χ3n) is 4.67. The highest BCUT2D eigenvalue weighted by atomic mass is 35.5. The molecule has 9 heteroatoms. The average Bonchev–Trinajstić information content (AvgIpc) is 3.25. The van der Waals surface area contributed by atoms with Crippen LogP contribution in [0.4, 0.5) is 0 Å². The van der Waals surface area contributed by atoms with Crippen LogP contribution in [0.15, 0.2) is 36.7 Å². The lowest BCUT2D eigenvalue weighted by Crippen LogP contribution is -2.37. The molecule has 2 N–H and O–H groups in total. The predicted octanol–water partition coefficient (Wildman–Crippen LogP) is 2.43. The van der Waals surface area contributed by atoms with Crippen molar-refractivity contribution < 1.29 is 23.8 Å². The molecule has 3 rings (SSSR count). The maximum absolute atomic E-state index is 13.4. The molecule has 8 nitrogen and oxygen atoms in total. The van der Waals surface area contributed by atoms with Crippen molar-refractivity contribution >= 4 is 23.4 Å². The van der Waals surface area contributed by atoms with E-state index in [0.717, 1.165) is 18.4 Å². The number of benzene rings is 1. The van der Waals surface area contributed by atoms with Crippen LogP contribution >= 0.6 is 11.6 Å². The molecule has 0 aliphatic carbocycles. The Bertz CT molecular complexity index is 888. The number of nitrogens with two attached hydrogens (primary N) is 1. The zero-order valence-corrected chi connectivity index (χ0v) is 17.4. The lowest BCUT2D eigenvalue weighted by molar-refractivity contribution is -0.119. The van der Waals surface area contributed by atoms with E-state index in [1.807, 2.05) is 12.1 Å². The van der Waals surface area contributed by atoms with Crippen molar-refractivity contribution in [1.82, 2.24) is 9.88 Å². The highest BCUT2D eigenvalue weighted by Gasteiger charge is 2.25. The van der Waals surface area contributed by atoms with Gasteiger partial charge in [-0.25, -0.2) is 0 Å². The van der Waals surface area contributed by atoms with E-state index in [0.29, 0.717) is 25.3 Å². The van der Waals surface area contributed by atoms with Crippen molar-refractivity contribution in [2.24, 2.45) is 5.73 Å². The van der Waals surface area contributed by atoms with Gasteiger partial charge in [-0.3, -0.25) is 14.6 Å². The lowest BCUT2D eigenvalue weighted by atomic mass is 10.1. The van der Waals surface area contributed by atoms with Gasteiger partial charge in [0, 0.05) is 37.7 Å². The van der Waals surface area contributed by atoms with Crippen LogP contribution in [0, 0.1) is 0 Å². The number of hydrogen-bond donors (Lipinski definition) is 1. The van der Waals surface area contributed by atoms with Crippen molar-refractivity contribution in [3.05, 3.63) is 52.8 Å². The fourth-order valence-corrected chi connectivity index (χ4v) is 3.54. The number of ether oxygens (including phenoxy) is 3. The quantitative estimate of drug-likeness (QED) is 0.651. The molecule has 1 unspecified atom stereocenters. The van der Waals surface area contributed by atoms with Crippen molar-refractivity contribution in [3.63, 3.8) is 0 Å². The van der Waals surface area contributed by atoms with Crippen LogP contribution in [0.1, 0.15) is 28.8 Å². The molecule has 1 fully saturated rings. The molecule has 1 aliphatic rings. The monoisotopic (exact) mass is 433 g/mol. The van der Waals surface area contributed by atoms with E-state index in [2.05, 4.69) is 4.98 Å². The molecule has 2 amide bonds. The Hall–Kier alpha value is -2.84. The van der Waals surface area contributed by atoms with Gasteiger partial charge in [-0.15, -0.1) is 0 Å². The normalized spacial score (nSPS) is 15.6. The molecule has 1 saturated heterocycles. The maximum atomic E-state index is 13.4. The first kappa shape index (κ1) is 21.9. The molecule has 0 bridgehead atoms. The van der Waals surface area contributed by atoms with Gasteiger partial charge in [0.2, 0.25) is 0 Å². The van der Waals surface area contributed by atoms with E-state index < -0.39 is 5.91 Å². The van der Waals surface area contributed by atoms with Gasteiger partial charge in [-0.05, 0) is 36.6 Å². The second kappa shape index (κ2) is 10.3. The Morgan fingerprint density at radius 2 is 2.23 bits per heavy atom. The van der Waals surface area contributed by atoms with Gasteiger partial charge < -0.3 is 24.8 Å². The predicted molar refractivity (Wildman–Crippen MR) is 111 cm³/mol. The standard InChI is InChI=1S/C21H24ClN3O5/c1-28-18-9-15(8-17(22)20(18)30-13-19(23)26)21(27)25(12-16-5-3-7-29-16)11-14-4-2-6-24-10-14/h2,4,6,8-10,16H,3,5,7,11-13H2,1H3,(H2,23,26). The van der Waals surface area contributed by atoms with Gasteiger partial charge in [0.15, 0.2) is 18.1 Å². The highest BCUT2D eigenvalue weighted by Crippen LogP contribution is 2.37. The molecule has 0 spiro atoms. The second-order valence-corrected chi connectivity index (χ2v) is 7.33. The molecule has 2 aromatic rings. The second-order valence-electron chi connectivity index (χ2n) is 6.93. The molecule has 1 aromatic carbocycles. The van der Waals surface area contributed by atoms with Crippen molar-refractivity contribution in [3.8, 4) is 11.5 Å². The van der Waals surface area contributed by atoms with E-state index in [9.17, 15) is 9.59 Å². The number of carbonyl (C=O) groups is 2. The van der Waals surface area contributed by atoms with E-state index in [1.54, 1.807) is 17.3 Å². The highest BCUT2D eigenvalue weighted by molar-refractivity contribution is 6.32. The Kier molecular flexibility index (Phi) is 7.48. The number of nitrogens with zero attached hydrogens (tertiary/aromatic N) is 2. The number of rotatable bonds is 9. The molecule has 2 heterocycles. The molecule has 0 radical (unpaired) electrons. The number of pyridine rings is 1. The van der Waals surface area contributed by atoms with Crippen LogP contribution in [-0.2, 0) is 16.1 Å². The Balaban J connectivity index is 1.86. The summed E-state index contributed by atoms with van der Waals surface area (Å²) in [6.45, 7) is 1.18. The zero-order valence-electron chi connectivity index (χ0n) is 16.7. The fourth-order valence-electron chi connectivity index (χ4n) is 3.27. The molecule has 30 heavy (non-hydrogen) atoms. The van der Waals surface area contributed by atoms with E-state index in [-0.39, 0.29) is 35.1 Å². The fraction of sp³-hybridized carbons (Fsp3) is 0.381. The summed E-state index contributed by atoms with van der Waals surface area (Å²) in [6, 6.07) is 6.77. The Morgan fingerprint density at radius 3 is 2.87 bits per heavy atom. The summed E-state index contributed by atoms with van der Waals surface area (Å²) in [6.07, 6.45) is 5.28. The molecule has 1 aromatic heterocycles. The van der Waals surface area contributed by atoms with Gasteiger partial charge in [0.05, 0.1) is 18.2 Å². The number of amides is 2. The average molecular weight is 434 g/mol. The maximum Gasteiger partial charge on any atom is 0.255 e. The van der Waals surface area contributed by atoms with E-state index in [1.165, 1.54) is 19.2 Å². The summed E-state index contributed by atoms with van der Waals surface area (Å²) in [7, 11) is 1.43. The summed E-state index contributed by atoms with van der Waals surface area (Å²) in [5.74, 6) is -0.471. The van der Waals surface area contributed by atoms with Crippen LogP contribution in [0.5, 0.6) is 11.5 Å². The van der Waals surface area contributed by atoms with Crippen LogP contribution in [0.3, 0.4) is 0 Å². The zero-order chi connectivity index (χ0) is 21.5. The first-order chi connectivity index (χ1) is 14.5. The largest absolute Gasteiger partial charge is 0.493 e.